The van der Waals surface area contributed by atoms with Gasteiger partial charge >= 0.3 is 5.97 Å². The summed E-state index contributed by atoms with van der Waals surface area (Å²) in [4.78, 5) is 22.9. The van der Waals surface area contributed by atoms with Crippen LogP contribution in [0.25, 0.3) is 25.9 Å². The van der Waals surface area contributed by atoms with Crippen LogP contribution < -0.4 is 0 Å². The molecular weight excluding hydrogens is 430 g/mol. The van der Waals surface area contributed by atoms with Crippen LogP contribution >= 0.6 is 11.3 Å². The number of benzene rings is 2. The molecule has 3 aromatic rings. The summed E-state index contributed by atoms with van der Waals surface area (Å²) in [6, 6.07) is 12.5. The molecule has 1 N–H and O–H groups in total. The standard InChI is InChI=1S/C27H29N3O2S/c1-5-22-20(14-30-15-21(16-30)27(31)32)7-6-8-23(22)25-13-29-26(33-25)19-10-9-18(11-17(2)3)24(12-19)28-4/h6-10,12-13,17,21H,5,11,14-16H2,1-3H3,(H,31,32). The molecule has 2 aromatic carbocycles. The molecule has 0 bridgehead atoms. The van der Waals surface area contributed by atoms with Crippen molar-refractivity contribution in [3.8, 4) is 21.0 Å². The quantitative estimate of drug-likeness (QED) is 0.401. The molecule has 0 unspecified atom stereocenters. The van der Waals surface area contributed by atoms with Crippen LogP contribution in [0.4, 0.5) is 5.69 Å². The number of carboxylic acid groups (broad SMARTS) is 1. The summed E-state index contributed by atoms with van der Waals surface area (Å²) >= 11 is 1.65. The molecule has 6 heteroatoms. The molecule has 0 aliphatic carbocycles. The van der Waals surface area contributed by atoms with Gasteiger partial charge in [-0.3, -0.25) is 9.69 Å². The van der Waals surface area contributed by atoms with E-state index in [1.165, 1.54) is 16.7 Å². The number of likely N-dealkylation sites (tertiary alicyclic amines) is 1. The maximum atomic E-state index is 11.1. The van der Waals surface area contributed by atoms with E-state index in [2.05, 4.69) is 60.8 Å². The van der Waals surface area contributed by atoms with Crippen LogP contribution in [-0.2, 0) is 24.2 Å². The first-order valence-corrected chi connectivity index (χ1v) is 12.2. The van der Waals surface area contributed by atoms with Crippen LogP contribution in [0.3, 0.4) is 0 Å². The maximum absolute atomic E-state index is 11.1. The molecule has 170 valence electrons. The molecule has 2 heterocycles. The fourth-order valence-corrected chi connectivity index (χ4v) is 5.44. The van der Waals surface area contributed by atoms with Gasteiger partial charge in [-0.2, -0.15) is 0 Å². The molecule has 1 aromatic heterocycles. The van der Waals surface area contributed by atoms with E-state index in [4.69, 9.17) is 16.7 Å². The zero-order valence-electron chi connectivity index (χ0n) is 19.3. The molecule has 0 saturated carbocycles. The van der Waals surface area contributed by atoms with Crippen LogP contribution in [0.2, 0.25) is 0 Å². The zero-order valence-corrected chi connectivity index (χ0v) is 20.2. The summed E-state index contributed by atoms with van der Waals surface area (Å²) in [6.07, 6.45) is 3.74. The van der Waals surface area contributed by atoms with E-state index in [0.717, 1.165) is 40.4 Å². The number of nitrogens with zero attached hydrogens (tertiary/aromatic N) is 3. The Morgan fingerprint density at radius 2 is 2.06 bits per heavy atom. The molecule has 1 aliphatic rings. The van der Waals surface area contributed by atoms with Gasteiger partial charge in [0, 0.05) is 31.4 Å². The van der Waals surface area contributed by atoms with E-state index in [1.807, 2.05) is 12.3 Å². The maximum Gasteiger partial charge on any atom is 0.309 e. The summed E-state index contributed by atoms with van der Waals surface area (Å²) in [5.41, 5.74) is 6.53. The van der Waals surface area contributed by atoms with Crippen molar-refractivity contribution in [1.29, 1.82) is 0 Å². The van der Waals surface area contributed by atoms with Gasteiger partial charge in [0.2, 0.25) is 0 Å². The molecular formula is C27H29N3O2S. The van der Waals surface area contributed by atoms with E-state index in [9.17, 15) is 4.79 Å². The molecule has 4 rings (SSSR count). The lowest BCUT2D eigenvalue weighted by atomic mass is 9.94. The van der Waals surface area contributed by atoms with Crippen LogP contribution in [0.1, 0.15) is 37.5 Å². The smallest absolute Gasteiger partial charge is 0.309 e. The van der Waals surface area contributed by atoms with Crippen molar-refractivity contribution in [1.82, 2.24) is 9.88 Å². The first-order chi connectivity index (χ1) is 15.9. The lowest BCUT2D eigenvalue weighted by Gasteiger charge is -2.37. The van der Waals surface area contributed by atoms with Crippen molar-refractivity contribution in [2.45, 2.75) is 40.2 Å². The molecule has 1 saturated heterocycles. The Balaban J connectivity index is 1.59. The normalized spacial score (nSPS) is 14.3. The first-order valence-electron chi connectivity index (χ1n) is 11.4. The average Bonchev–Trinajstić information content (AvgIpc) is 3.25. The Morgan fingerprint density at radius 3 is 2.73 bits per heavy atom. The van der Waals surface area contributed by atoms with E-state index in [0.29, 0.717) is 24.7 Å². The van der Waals surface area contributed by atoms with Crippen molar-refractivity contribution in [3.05, 3.63) is 70.7 Å². The van der Waals surface area contributed by atoms with Gasteiger partial charge in [0.1, 0.15) is 5.01 Å². The molecule has 0 amide bonds. The predicted octanol–water partition coefficient (Wildman–Crippen LogP) is 6.31. The minimum Gasteiger partial charge on any atom is -0.481 e. The Bertz CT molecular complexity index is 1200. The topological polar surface area (TPSA) is 57.8 Å². The Kier molecular flexibility index (Phi) is 6.92. The summed E-state index contributed by atoms with van der Waals surface area (Å²) in [6.45, 7) is 16.1. The van der Waals surface area contributed by atoms with Crippen molar-refractivity contribution < 1.29 is 9.90 Å². The Morgan fingerprint density at radius 1 is 1.27 bits per heavy atom. The molecule has 0 radical (unpaired) electrons. The van der Waals surface area contributed by atoms with Crippen molar-refractivity contribution >= 4 is 23.0 Å². The summed E-state index contributed by atoms with van der Waals surface area (Å²) in [7, 11) is 0. The molecule has 1 aliphatic heterocycles. The molecule has 5 nitrogen and oxygen atoms in total. The van der Waals surface area contributed by atoms with E-state index in [-0.39, 0.29) is 5.92 Å². The fraction of sp³-hybridized carbons (Fsp3) is 0.370. The average molecular weight is 460 g/mol. The number of carbonyl (C=O) groups is 1. The van der Waals surface area contributed by atoms with Crippen molar-refractivity contribution in [2.24, 2.45) is 11.8 Å². The van der Waals surface area contributed by atoms with Gasteiger partial charge in [0.25, 0.3) is 0 Å². The minimum atomic E-state index is -0.702. The van der Waals surface area contributed by atoms with E-state index >= 15 is 0 Å². The summed E-state index contributed by atoms with van der Waals surface area (Å²) < 4.78 is 0. The van der Waals surface area contributed by atoms with Crippen LogP contribution in [0.15, 0.2) is 42.6 Å². The van der Waals surface area contributed by atoms with Crippen molar-refractivity contribution in [2.75, 3.05) is 13.1 Å². The van der Waals surface area contributed by atoms with Crippen LogP contribution in [-0.4, -0.2) is 34.0 Å². The van der Waals surface area contributed by atoms with E-state index < -0.39 is 5.97 Å². The lowest BCUT2D eigenvalue weighted by Crippen LogP contribution is -2.49. The van der Waals surface area contributed by atoms with Gasteiger partial charge in [0.05, 0.1) is 17.4 Å². The number of thiazole rings is 1. The lowest BCUT2D eigenvalue weighted by molar-refractivity contribution is -0.147. The van der Waals surface area contributed by atoms with Crippen LogP contribution in [0.5, 0.6) is 0 Å². The van der Waals surface area contributed by atoms with E-state index in [1.54, 1.807) is 11.3 Å². The third kappa shape index (κ3) is 5.00. The number of rotatable bonds is 8. The monoisotopic (exact) mass is 459 g/mol. The van der Waals surface area contributed by atoms with Gasteiger partial charge < -0.3 is 5.11 Å². The molecule has 33 heavy (non-hydrogen) atoms. The van der Waals surface area contributed by atoms with Gasteiger partial charge in [0.15, 0.2) is 5.69 Å². The van der Waals surface area contributed by atoms with Gasteiger partial charge in [-0.05, 0) is 47.1 Å². The van der Waals surface area contributed by atoms with Gasteiger partial charge in [-0.1, -0.05) is 51.1 Å². The second-order valence-electron chi connectivity index (χ2n) is 9.11. The minimum absolute atomic E-state index is 0.241. The highest BCUT2D eigenvalue weighted by molar-refractivity contribution is 7.18. The number of aliphatic carboxylic acids is 1. The predicted molar refractivity (Wildman–Crippen MR) is 134 cm³/mol. The number of hydrogen-bond acceptors (Lipinski definition) is 4. The Hall–Kier alpha value is -3.01. The molecule has 0 atom stereocenters. The Labute approximate surface area is 199 Å². The van der Waals surface area contributed by atoms with Crippen LogP contribution in [0, 0.1) is 18.4 Å². The summed E-state index contributed by atoms with van der Waals surface area (Å²) in [5.74, 6) is -0.435. The van der Waals surface area contributed by atoms with Gasteiger partial charge in [-0.25, -0.2) is 9.83 Å². The highest BCUT2D eigenvalue weighted by Crippen LogP contribution is 2.37. The second kappa shape index (κ2) is 9.86. The van der Waals surface area contributed by atoms with Crippen molar-refractivity contribution in [3.63, 3.8) is 0 Å². The highest BCUT2D eigenvalue weighted by Gasteiger charge is 2.32. The summed E-state index contributed by atoms with van der Waals surface area (Å²) in [5, 5.41) is 10.1. The highest BCUT2D eigenvalue weighted by atomic mass is 32.1. The number of carboxylic acids is 1. The number of hydrogen-bond donors (Lipinski definition) is 1. The second-order valence-corrected chi connectivity index (χ2v) is 10.1. The molecule has 1 fully saturated rings. The number of aromatic nitrogens is 1. The van der Waals surface area contributed by atoms with Gasteiger partial charge in [-0.15, -0.1) is 11.3 Å². The SMILES string of the molecule is [C-]#[N+]c1cc(-c2ncc(-c3cccc(CN4CC(C(=O)O)C4)c3CC)s2)ccc1CC(C)C. The third-order valence-electron chi connectivity index (χ3n) is 6.18. The zero-order chi connectivity index (χ0) is 23.5. The largest absolute Gasteiger partial charge is 0.481 e. The molecule has 0 spiro atoms. The first kappa shape index (κ1) is 23.2. The fourth-order valence-electron chi connectivity index (χ4n) is 4.47. The third-order valence-corrected chi connectivity index (χ3v) is 7.26.